The highest BCUT2D eigenvalue weighted by atomic mass is 19.1. The first-order chi connectivity index (χ1) is 9.27. The Labute approximate surface area is 115 Å². The predicted octanol–water partition coefficient (Wildman–Crippen LogP) is 2.57. The summed E-state index contributed by atoms with van der Waals surface area (Å²) in [5.41, 5.74) is 1.15. The quantitative estimate of drug-likeness (QED) is 0.662. The molecule has 0 radical (unpaired) electrons. The van der Waals surface area contributed by atoms with E-state index in [4.69, 9.17) is 9.47 Å². The molecule has 0 aromatic heterocycles. The van der Waals surface area contributed by atoms with E-state index in [1.807, 2.05) is 19.2 Å². The first-order valence-electron chi connectivity index (χ1n) is 6.74. The van der Waals surface area contributed by atoms with E-state index >= 15 is 0 Å². The lowest BCUT2D eigenvalue weighted by atomic mass is 9.96. The van der Waals surface area contributed by atoms with Crippen molar-refractivity contribution in [2.24, 2.45) is 0 Å². The van der Waals surface area contributed by atoms with E-state index < -0.39 is 0 Å². The van der Waals surface area contributed by atoms with Gasteiger partial charge in [0, 0.05) is 33.5 Å². The molecule has 0 aliphatic carbocycles. The van der Waals surface area contributed by atoms with Gasteiger partial charge in [0.25, 0.3) is 0 Å². The topological polar surface area (TPSA) is 30.5 Å². The Balaban J connectivity index is 2.34. The molecule has 1 rings (SSSR count). The van der Waals surface area contributed by atoms with Crippen molar-refractivity contribution in [1.29, 1.82) is 0 Å². The molecule has 0 saturated heterocycles. The molecule has 0 heterocycles. The highest BCUT2D eigenvalue weighted by Crippen LogP contribution is 2.19. The number of hydrogen-bond acceptors (Lipinski definition) is 3. The maximum absolute atomic E-state index is 12.9. The molecular weight excluding hydrogens is 245 g/mol. The van der Waals surface area contributed by atoms with Crippen LogP contribution in [0.3, 0.4) is 0 Å². The van der Waals surface area contributed by atoms with Gasteiger partial charge in [-0.2, -0.15) is 0 Å². The summed E-state index contributed by atoms with van der Waals surface area (Å²) >= 11 is 0. The fraction of sp³-hybridized carbons (Fsp3) is 0.600. The number of halogens is 1. The third-order valence-corrected chi connectivity index (χ3v) is 3.04. The number of likely N-dealkylation sites (N-methyl/N-ethyl adjacent to an activating group) is 1. The average Bonchev–Trinajstić information content (AvgIpc) is 2.42. The minimum Gasteiger partial charge on any atom is -0.385 e. The van der Waals surface area contributed by atoms with Crippen molar-refractivity contribution in [3.63, 3.8) is 0 Å². The molecular formula is C15H24FNO2. The van der Waals surface area contributed by atoms with Crippen LogP contribution in [0.15, 0.2) is 24.3 Å². The molecule has 0 fully saturated rings. The molecule has 4 heteroatoms. The van der Waals surface area contributed by atoms with E-state index in [-0.39, 0.29) is 5.82 Å². The van der Waals surface area contributed by atoms with Gasteiger partial charge in [-0.25, -0.2) is 4.39 Å². The first kappa shape index (κ1) is 16.1. The average molecular weight is 269 g/mol. The molecule has 19 heavy (non-hydrogen) atoms. The molecule has 0 amide bonds. The van der Waals surface area contributed by atoms with Crippen molar-refractivity contribution in [2.75, 3.05) is 40.5 Å². The van der Waals surface area contributed by atoms with Gasteiger partial charge in [0.2, 0.25) is 0 Å². The molecule has 1 N–H and O–H groups in total. The standard InChI is InChI=1S/C15H24FNO2/c1-17-12-14(8-11-19-10-3-9-18-2)13-4-6-15(16)7-5-13/h4-7,14,17H,3,8-12H2,1-2H3. The number of ether oxygens (including phenoxy) is 2. The van der Waals surface area contributed by atoms with Crippen LogP contribution in [0, 0.1) is 5.82 Å². The van der Waals surface area contributed by atoms with Gasteiger partial charge in [-0.1, -0.05) is 12.1 Å². The summed E-state index contributed by atoms with van der Waals surface area (Å²) in [6.07, 6.45) is 1.85. The lowest BCUT2D eigenvalue weighted by molar-refractivity contribution is 0.0981. The highest BCUT2D eigenvalue weighted by Gasteiger charge is 2.10. The van der Waals surface area contributed by atoms with Gasteiger partial charge in [0.1, 0.15) is 5.82 Å². The van der Waals surface area contributed by atoms with E-state index in [0.717, 1.165) is 38.2 Å². The zero-order chi connectivity index (χ0) is 13.9. The van der Waals surface area contributed by atoms with E-state index in [1.54, 1.807) is 7.11 Å². The lowest BCUT2D eigenvalue weighted by Gasteiger charge is -2.17. The molecule has 1 unspecified atom stereocenters. The molecule has 0 aliphatic heterocycles. The zero-order valence-electron chi connectivity index (χ0n) is 11.8. The Morgan fingerprint density at radius 3 is 2.53 bits per heavy atom. The van der Waals surface area contributed by atoms with Crippen LogP contribution >= 0.6 is 0 Å². The van der Waals surface area contributed by atoms with Crippen LogP contribution < -0.4 is 5.32 Å². The Morgan fingerprint density at radius 1 is 1.16 bits per heavy atom. The number of benzene rings is 1. The van der Waals surface area contributed by atoms with Crippen LogP contribution in [0.1, 0.15) is 24.3 Å². The third kappa shape index (κ3) is 6.66. The number of hydrogen-bond donors (Lipinski definition) is 1. The van der Waals surface area contributed by atoms with Gasteiger partial charge in [0.05, 0.1) is 0 Å². The summed E-state index contributed by atoms with van der Waals surface area (Å²) in [4.78, 5) is 0. The molecule has 0 spiro atoms. The fourth-order valence-corrected chi connectivity index (χ4v) is 2.00. The fourth-order valence-electron chi connectivity index (χ4n) is 2.00. The molecule has 3 nitrogen and oxygen atoms in total. The summed E-state index contributed by atoms with van der Waals surface area (Å²) in [5, 5.41) is 3.17. The molecule has 0 bridgehead atoms. The zero-order valence-corrected chi connectivity index (χ0v) is 11.8. The van der Waals surface area contributed by atoms with Gasteiger partial charge in [-0.3, -0.25) is 0 Å². The van der Waals surface area contributed by atoms with Crippen LogP contribution in [0.5, 0.6) is 0 Å². The number of nitrogens with one attached hydrogen (secondary N) is 1. The molecule has 0 aliphatic rings. The molecule has 1 aromatic carbocycles. The number of methoxy groups -OCH3 is 1. The summed E-state index contributed by atoms with van der Waals surface area (Å²) in [5.74, 6) is 0.163. The van der Waals surface area contributed by atoms with Crippen molar-refractivity contribution >= 4 is 0 Å². The lowest BCUT2D eigenvalue weighted by Crippen LogP contribution is -2.19. The summed E-state index contributed by atoms with van der Waals surface area (Å²) < 4.78 is 23.4. The largest absolute Gasteiger partial charge is 0.385 e. The van der Waals surface area contributed by atoms with Gasteiger partial charge in [0.15, 0.2) is 0 Å². The first-order valence-corrected chi connectivity index (χ1v) is 6.74. The third-order valence-electron chi connectivity index (χ3n) is 3.04. The monoisotopic (exact) mass is 269 g/mol. The van der Waals surface area contributed by atoms with E-state index in [9.17, 15) is 4.39 Å². The number of rotatable bonds is 10. The molecule has 1 aromatic rings. The maximum atomic E-state index is 12.9. The van der Waals surface area contributed by atoms with E-state index in [1.165, 1.54) is 12.1 Å². The molecule has 108 valence electrons. The van der Waals surface area contributed by atoms with Crippen molar-refractivity contribution < 1.29 is 13.9 Å². The van der Waals surface area contributed by atoms with Gasteiger partial charge >= 0.3 is 0 Å². The SMILES string of the molecule is CNCC(CCOCCCOC)c1ccc(F)cc1. The molecule has 1 atom stereocenters. The minimum absolute atomic E-state index is 0.192. The van der Waals surface area contributed by atoms with Crippen molar-refractivity contribution in [1.82, 2.24) is 5.32 Å². The van der Waals surface area contributed by atoms with Crippen LogP contribution in [0.25, 0.3) is 0 Å². The normalized spacial score (nSPS) is 12.6. The summed E-state index contributed by atoms with van der Waals surface area (Å²) in [7, 11) is 3.62. The Hall–Kier alpha value is -0.970. The Morgan fingerprint density at radius 2 is 1.89 bits per heavy atom. The second kappa shape index (κ2) is 9.89. The van der Waals surface area contributed by atoms with Crippen molar-refractivity contribution in [2.45, 2.75) is 18.8 Å². The van der Waals surface area contributed by atoms with E-state index in [2.05, 4.69) is 5.32 Å². The highest BCUT2D eigenvalue weighted by molar-refractivity contribution is 5.20. The molecule has 0 saturated carbocycles. The smallest absolute Gasteiger partial charge is 0.123 e. The van der Waals surface area contributed by atoms with Gasteiger partial charge < -0.3 is 14.8 Å². The van der Waals surface area contributed by atoms with Crippen molar-refractivity contribution in [3.05, 3.63) is 35.6 Å². The Kier molecular flexibility index (Phi) is 8.38. The van der Waals surface area contributed by atoms with Crippen LogP contribution in [0.2, 0.25) is 0 Å². The van der Waals surface area contributed by atoms with Gasteiger partial charge in [-0.05, 0) is 43.5 Å². The minimum atomic E-state index is -0.192. The second-order valence-corrected chi connectivity index (χ2v) is 4.55. The van der Waals surface area contributed by atoms with Crippen LogP contribution in [0.4, 0.5) is 4.39 Å². The maximum Gasteiger partial charge on any atom is 0.123 e. The summed E-state index contributed by atoms with van der Waals surface area (Å²) in [6, 6.07) is 6.72. The Bertz CT molecular complexity index is 329. The predicted molar refractivity (Wildman–Crippen MR) is 75.0 cm³/mol. The summed E-state index contributed by atoms with van der Waals surface area (Å²) in [6.45, 7) is 3.04. The van der Waals surface area contributed by atoms with Crippen LogP contribution in [-0.4, -0.2) is 40.5 Å². The second-order valence-electron chi connectivity index (χ2n) is 4.55. The van der Waals surface area contributed by atoms with Gasteiger partial charge in [-0.15, -0.1) is 0 Å². The van der Waals surface area contributed by atoms with E-state index in [0.29, 0.717) is 12.5 Å². The van der Waals surface area contributed by atoms with Crippen LogP contribution in [-0.2, 0) is 9.47 Å². The van der Waals surface area contributed by atoms with Crippen molar-refractivity contribution in [3.8, 4) is 0 Å².